The molecule has 0 bridgehead atoms. The second kappa shape index (κ2) is 3.59. The third kappa shape index (κ3) is 2.63. The Labute approximate surface area is 51.3 Å². The molecular weight excluding hydrogens is 191 g/mol. The van der Waals surface area contributed by atoms with E-state index in [2.05, 4.69) is 22.6 Å². The van der Waals surface area contributed by atoms with Crippen molar-refractivity contribution in [3.05, 3.63) is 0 Å². The standard InChI is InChI=1S/C4H7IO/c1-4(2-5)3-6/h3-4H,2H2,1H3. The Balaban J connectivity index is 2.96. The van der Waals surface area contributed by atoms with E-state index in [-0.39, 0.29) is 5.92 Å². The van der Waals surface area contributed by atoms with E-state index in [4.69, 9.17) is 0 Å². The maximum absolute atomic E-state index is 9.73. The molecule has 2 heteroatoms. The molecule has 0 rings (SSSR count). The molecular formula is C4H7IO. The Kier molecular flexibility index (Phi) is 3.82. The number of hydrogen-bond acceptors (Lipinski definition) is 1. The van der Waals surface area contributed by atoms with Gasteiger partial charge in [0.05, 0.1) is 0 Å². The zero-order valence-corrected chi connectivity index (χ0v) is 5.81. The molecule has 1 nitrogen and oxygen atoms in total. The van der Waals surface area contributed by atoms with E-state index >= 15 is 0 Å². The van der Waals surface area contributed by atoms with Crippen LogP contribution in [0.4, 0.5) is 0 Å². The maximum Gasteiger partial charge on any atom is 0.123 e. The van der Waals surface area contributed by atoms with Crippen LogP contribution in [0, 0.1) is 5.92 Å². The molecule has 0 aromatic rings. The van der Waals surface area contributed by atoms with Crippen molar-refractivity contribution in [1.82, 2.24) is 0 Å². The molecule has 0 aliphatic carbocycles. The molecule has 0 aromatic carbocycles. The van der Waals surface area contributed by atoms with Crippen molar-refractivity contribution in [2.24, 2.45) is 5.92 Å². The van der Waals surface area contributed by atoms with Gasteiger partial charge in [-0.1, -0.05) is 29.5 Å². The Morgan fingerprint density at radius 3 is 2.50 bits per heavy atom. The van der Waals surface area contributed by atoms with Gasteiger partial charge in [0.2, 0.25) is 0 Å². The SMILES string of the molecule is CC(C=O)CI. The highest BCUT2D eigenvalue weighted by Crippen LogP contribution is 1.93. The van der Waals surface area contributed by atoms with E-state index in [1.807, 2.05) is 6.92 Å². The summed E-state index contributed by atoms with van der Waals surface area (Å²) in [6.07, 6.45) is 0.965. The third-order valence-corrected chi connectivity index (χ3v) is 1.87. The van der Waals surface area contributed by atoms with Crippen LogP contribution < -0.4 is 0 Å². The molecule has 0 radical (unpaired) electrons. The summed E-state index contributed by atoms with van der Waals surface area (Å²) in [6, 6.07) is 0. The Bertz CT molecular complexity index is 44.8. The Morgan fingerprint density at radius 2 is 2.50 bits per heavy atom. The van der Waals surface area contributed by atoms with E-state index in [1.54, 1.807) is 0 Å². The highest BCUT2D eigenvalue weighted by Gasteiger charge is 1.90. The molecule has 0 amide bonds. The zero-order chi connectivity index (χ0) is 4.99. The topological polar surface area (TPSA) is 17.1 Å². The van der Waals surface area contributed by atoms with Crippen molar-refractivity contribution in [3.63, 3.8) is 0 Å². The van der Waals surface area contributed by atoms with Crippen LogP contribution in [-0.4, -0.2) is 10.7 Å². The van der Waals surface area contributed by atoms with Gasteiger partial charge in [-0.3, -0.25) is 0 Å². The van der Waals surface area contributed by atoms with Gasteiger partial charge in [-0.05, 0) is 0 Å². The summed E-state index contributed by atoms with van der Waals surface area (Å²) in [7, 11) is 0. The lowest BCUT2D eigenvalue weighted by molar-refractivity contribution is -0.110. The van der Waals surface area contributed by atoms with Crippen LogP contribution in [-0.2, 0) is 4.79 Å². The van der Waals surface area contributed by atoms with Crippen LogP contribution in [0.25, 0.3) is 0 Å². The minimum absolute atomic E-state index is 0.241. The highest BCUT2D eigenvalue weighted by atomic mass is 127. The van der Waals surface area contributed by atoms with Crippen LogP contribution >= 0.6 is 22.6 Å². The van der Waals surface area contributed by atoms with Crippen molar-refractivity contribution in [2.45, 2.75) is 6.92 Å². The molecule has 0 aromatic heterocycles. The normalized spacial score (nSPS) is 13.7. The number of hydrogen-bond donors (Lipinski definition) is 0. The fourth-order valence-corrected chi connectivity index (χ4v) is 0.244. The predicted molar refractivity (Wildman–Crippen MR) is 34.1 cm³/mol. The minimum atomic E-state index is 0.241. The van der Waals surface area contributed by atoms with E-state index in [0.717, 1.165) is 10.7 Å². The molecule has 0 N–H and O–H groups in total. The molecule has 1 unspecified atom stereocenters. The van der Waals surface area contributed by atoms with Crippen LogP contribution in [0.2, 0.25) is 0 Å². The lowest BCUT2D eigenvalue weighted by Crippen LogP contribution is -1.93. The zero-order valence-electron chi connectivity index (χ0n) is 3.65. The maximum atomic E-state index is 9.73. The minimum Gasteiger partial charge on any atom is -0.303 e. The number of carbonyl (C=O) groups excluding carboxylic acids is 1. The summed E-state index contributed by atoms with van der Waals surface area (Å²) < 4.78 is 0.932. The number of carbonyl (C=O) groups is 1. The second-order valence-corrected chi connectivity index (χ2v) is 2.15. The Morgan fingerprint density at radius 1 is 2.00 bits per heavy atom. The van der Waals surface area contributed by atoms with Crippen LogP contribution in [0.5, 0.6) is 0 Å². The summed E-state index contributed by atoms with van der Waals surface area (Å²) in [5, 5.41) is 0. The second-order valence-electron chi connectivity index (χ2n) is 1.27. The molecule has 0 saturated carbocycles. The number of rotatable bonds is 2. The van der Waals surface area contributed by atoms with E-state index in [9.17, 15) is 4.79 Å². The Hall–Kier alpha value is 0.400. The average molecular weight is 198 g/mol. The van der Waals surface area contributed by atoms with Gasteiger partial charge in [-0.25, -0.2) is 0 Å². The third-order valence-electron chi connectivity index (χ3n) is 0.476. The number of halogens is 1. The van der Waals surface area contributed by atoms with E-state index in [1.165, 1.54) is 0 Å². The van der Waals surface area contributed by atoms with Gasteiger partial charge in [-0.2, -0.15) is 0 Å². The smallest absolute Gasteiger partial charge is 0.123 e. The molecule has 6 heavy (non-hydrogen) atoms. The van der Waals surface area contributed by atoms with Crippen molar-refractivity contribution in [3.8, 4) is 0 Å². The fourth-order valence-electron chi connectivity index (χ4n) is 0.0364. The molecule has 0 spiro atoms. The number of alkyl halides is 1. The van der Waals surface area contributed by atoms with Gasteiger partial charge in [0.1, 0.15) is 6.29 Å². The number of aldehydes is 1. The summed E-state index contributed by atoms with van der Waals surface area (Å²) in [5.41, 5.74) is 0. The van der Waals surface area contributed by atoms with Crippen LogP contribution in [0.1, 0.15) is 6.92 Å². The summed E-state index contributed by atoms with van der Waals surface area (Å²) in [4.78, 5) is 9.73. The first kappa shape index (κ1) is 6.40. The fraction of sp³-hybridized carbons (Fsp3) is 0.750. The van der Waals surface area contributed by atoms with E-state index < -0.39 is 0 Å². The molecule has 0 fully saturated rings. The molecule has 0 saturated heterocycles. The van der Waals surface area contributed by atoms with Gasteiger partial charge in [0, 0.05) is 10.3 Å². The first-order valence-corrected chi connectivity index (χ1v) is 3.35. The van der Waals surface area contributed by atoms with E-state index in [0.29, 0.717) is 0 Å². The predicted octanol–water partition coefficient (Wildman–Crippen LogP) is 1.26. The van der Waals surface area contributed by atoms with Gasteiger partial charge in [0.15, 0.2) is 0 Å². The molecule has 1 atom stereocenters. The van der Waals surface area contributed by atoms with Gasteiger partial charge in [-0.15, -0.1) is 0 Å². The molecule has 0 aliphatic heterocycles. The highest BCUT2D eigenvalue weighted by molar-refractivity contribution is 14.1. The quantitative estimate of drug-likeness (QED) is 0.370. The van der Waals surface area contributed by atoms with Gasteiger partial charge < -0.3 is 4.79 Å². The largest absolute Gasteiger partial charge is 0.303 e. The van der Waals surface area contributed by atoms with Crippen molar-refractivity contribution in [2.75, 3.05) is 4.43 Å². The van der Waals surface area contributed by atoms with Gasteiger partial charge >= 0.3 is 0 Å². The first-order chi connectivity index (χ1) is 2.81. The van der Waals surface area contributed by atoms with Gasteiger partial charge in [0.25, 0.3) is 0 Å². The molecule has 36 valence electrons. The summed E-state index contributed by atoms with van der Waals surface area (Å²) in [6.45, 7) is 1.90. The summed E-state index contributed by atoms with van der Waals surface area (Å²) in [5.74, 6) is 0.241. The van der Waals surface area contributed by atoms with Crippen molar-refractivity contribution in [1.29, 1.82) is 0 Å². The van der Waals surface area contributed by atoms with Crippen LogP contribution in [0.3, 0.4) is 0 Å². The lowest BCUT2D eigenvalue weighted by Gasteiger charge is -1.88. The summed E-state index contributed by atoms with van der Waals surface area (Å²) >= 11 is 2.18. The first-order valence-electron chi connectivity index (χ1n) is 1.82. The molecule has 0 heterocycles. The monoisotopic (exact) mass is 198 g/mol. The van der Waals surface area contributed by atoms with Crippen molar-refractivity contribution < 1.29 is 4.79 Å². The molecule has 0 aliphatic rings. The average Bonchev–Trinajstić information content (AvgIpc) is 1.65. The van der Waals surface area contributed by atoms with Crippen LogP contribution in [0.15, 0.2) is 0 Å². The lowest BCUT2D eigenvalue weighted by atomic mass is 10.3. The van der Waals surface area contributed by atoms with Crippen molar-refractivity contribution >= 4 is 28.9 Å².